The lowest BCUT2D eigenvalue weighted by Crippen LogP contribution is -2.46. The normalized spacial score (nSPS) is 24.0. The van der Waals surface area contributed by atoms with Gasteiger partial charge in [0.2, 0.25) is 5.91 Å². The van der Waals surface area contributed by atoms with Crippen LogP contribution in [-0.4, -0.2) is 48.9 Å². The summed E-state index contributed by atoms with van der Waals surface area (Å²) in [6, 6.07) is 0.365. The summed E-state index contributed by atoms with van der Waals surface area (Å²) in [5, 5.41) is 0. The van der Waals surface area contributed by atoms with E-state index in [1.54, 1.807) is 4.90 Å². The van der Waals surface area contributed by atoms with Crippen molar-refractivity contribution in [1.82, 2.24) is 9.80 Å². The lowest BCUT2D eigenvalue weighted by atomic mass is 10.1. The molecule has 1 heterocycles. The van der Waals surface area contributed by atoms with Gasteiger partial charge in [-0.2, -0.15) is 0 Å². The molecule has 0 aromatic rings. The fraction of sp³-hybridized carbons (Fsp3) is 0.700. The second kappa shape index (κ2) is 4.42. The molecule has 0 N–H and O–H groups in total. The van der Waals surface area contributed by atoms with Gasteiger partial charge in [0, 0.05) is 19.6 Å². The van der Waals surface area contributed by atoms with E-state index in [1.165, 1.54) is 12.5 Å². The number of carbonyl (C=O) groups excluding carboxylic acids is 1. The van der Waals surface area contributed by atoms with Crippen molar-refractivity contribution in [3.8, 4) is 0 Å². The van der Waals surface area contributed by atoms with Crippen LogP contribution in [0.5, 0.6) is 0 Å². The zero-order chi connectivity index (χ0) is 9.84. The molecule has 1 amide bonds. The Morgan fingerprint density at radius 3 is 2.92 bits per heavy atom. The lowest BCUT2D eigenvalue weighted by Gasteiger charge is -2.35. The van der Waals surface area contributed by atoms with Gasteiger partial charge in [0.15, 0.2) is 0 Å². The summed E-state index contributed by atoms with van der Waals surface area (Å²) in [4.78, 5) is 15.4. The lowest BCUT2D eigenvalue weighted by molar-refractivity contribution is -0.127. The Hall–Kier alpha value is -0.830. The van der Waals surface area contributed by atoms with E-state index in [0.29, 0.717) is 6.04 Å². The minimum absolute atomic E-state index is 0.0281. The highest BCUT2D eigenvalue weighted by Gasteiger charge is 2.22. The molecule has 0 aromatic carbocycles. The minimum atomic E-state index is 0.0281. The van der Waals surface area contributed by atoms with Crippen molar-refractivity contribution in [3.63, 3.8) is 0 Å². The van der Waals surface area contributed by atoms with Crippen LogP contribution >= 0.6 is 0 Å². The van der Waals surface area contributed by atoms with Gasteiger partial charge in [-0.05, 0) is 32.5 Å². The number of likely N-dealkylation sites (N-methyl/N-ethyl adjacent to an activating group) is 2. The van der Waals surface area contributed by atoms with Crippen LogP contribution in [0.2, 0.25) is 0 Å². The first-order valence-electron chi connectivity index (χ1n) is 4.73. The molecule has 0 aromatic heterocycles. The van der Waals surface area contributed by atoms with Crippen LogP contribution in [-0.2, 0) is 4.79 Å². The van der Waals surface area contributed by atoms with Crippen molar-refractivity contribution < 1.29 is 4.79 Å². The van der Waals surface area contributed by atoms with E-state index in [2.05, 4.69) is 18.5 Å². The summed E-state index contributed by atoms with van der Waals surface area (Å²) in [7, 11) is 3.95. The first-order chi connectivity index (χ1) is 6.15. The molecular weight excluding hydrogens is 164 g/mol. The molecule has 1 fully saturated rings. The summed E-state index contributed by atoms with van der Waals surface area (Å²) in [6.45, 7) is 5.62. The van der Waals surface area contributed by atoms with Gasteiger partial charge in [-0.1, -0.05) is 6.58 Å². The molecular formula is C10H18N2O. The maximum Gasteiger partial charge on any atom is 0.245 e. The van der Waals surface area contributed by atoms with Crippen LogP contribution < -0.4 is 0 Å². The van der Waals surface area contributed by atoms with Gasteiger partial charge >= 0.3 is 0 Å². The second-order valence-corrected chi connectivity index (χ2v) is 3.71. The molecule has 1 unspecified atom stereocenters. The number of piperidine rings is 1. The molecule has 13 heavy (non-hydrogen) atoms. The Kier molecular flexibility index (Phi) is 3.48. The van der Waals surface area contributed by atoms with Crippen molar-refractivity contribution in [1.29, 1.82) is 0 Å². The van der Waals surface area contributed by atoms with Gasteiger partial charge < -0.3 is 9.80 Å². The number of rotatable bonds is 2. The number of hydrogen-bond acceptors (Lipinski definition) is 2. The van der Waals surface area contributed by atoms with E-state index in [0.717, 1.165) is 19.5 Å². The standard InChI is InChI=1S/C10H18N2O/c1-4-10(13)12(3)9-6-5-7-11(2)8-9/h4,9H,1,5-8H2,2-3H3. The quantitative estimate of drug-likeness (QED) is 0.588. The fourth-order valence-corrected chi connectivity index (χ4v) is 1.78. The Morgan fingerprint density at radius 2 is 2.38 bits per heavy atom. The molecule has 1 aliphatic rings. The molecule has 1 atom stereocenters. The number of hydrogen-bond donors (Lipinski definition) is 0. The highest BCUT2D eigenvalue weighted by atomic mass is 16.2. The third-order valence-corrected chi connectivity index (χ3v) is 2.67. The second-order valence-electron chi connectivity index (χ2n) is 3.71. The van der Waals surface area contributed by atoms with Crippen LogP contribution in [0.4, 0.5) is 0 Å². The van der Waals surface area contributed by atoms with E-state index in [1.807, 2.05) is 7.05 Å². The first kappa shape index (κ1) is 10.3. The summed E-state index contributed by atoms with van der Waals surface area (Å²) >= 11 is 0. The van der Waals surface area contributed by atoms with Gasteiger partial charge in [-0.25, -0.2) is 0 Å². The molecule has 0 radical (unpaired) electrons. The Balaban J connectivity index is 2.50. The molecule has 3 nitrogen and oxygen atoms in total. The molecule has 0 spiro atoms. The van der Waals surface area contributed by atoms with E-state index < -0.39 is 0 Å². The topological polar surface area (TPSA) is 23.6 Å². The van der Waals surface area contributed by atoms with Crippen molar-refractivity contribution in [3.05, 3.63) is 12.7 Å². The molecule has 0 bridgehead atoms. The highest BCUT2D eigenvalue weighted by molar-refractivity contribution is 5.87. The van der Waals surface area contributed by atoms with E-state index in [-0.39, 0.29) is 5.91 Å². The van der Waals surface area contributed by atoms with Gasteiger partial charge in [0.05, 0.1) is 0 Å². The third kappa shape index (κ3) is 2.56. The van der Waals surface area contributed by atoms with Crippen LogP contribution in [0.15, 0.2) is 12.7 Å². The van der Waals surface area contributed by atoms with Crippen molar-refractivity contribution in [2.45, 2.75) is 18.9 Å². The SMILES string of the molecule is C=CC(=O)N(C)C1CCCN(C)C1. The van der Waals surface area contributed by atoms with Crippen LogP contribution in [0.25, 0.3) is 0 Å². The van der Waals surface area contributed by atoms with Crippen LogP contribution in [0.1, 0.15) is 12.8 Å². The van der Waals surface area contributed by atoms with Gasteiger partial charge in [-0.15, -0.1) is 0 Å². The van der Waals surface area contributed by atoms with Crippen molar-refractivity contribution in [2.24, 2.45) is 0 Å². The molecule has 1 rings (SSSR count). The number of nitrogens with zero attached hydrogens (tertiary/aromatic N) is 2. The molecule has 1 aliphatic heterocycles. The average Bonchev–Trinajstić information content (AvgIpc) is 2.15. The van der Waals surface area contributed by atoms with E-state index in [9.17, 15) is 4.79 Å². The predicted molar refractivity (Wildman–Crippen MR) is 53.5 cm³/mol. The Labute approximate surface area is 80.0 Å². The average molecular weight is 182 g/mol. The fourth-order valence-electron chi connectivity index (χ4n) is 1.78. The molecule has 1 saturated heterocycles. The molecule has 3 heteroatoms. The molecule has 0 saturated carbocycles. The zero-order valence-corrected chi connectivity index (χ0v) is 8.49. The number of likely N-dealkylation sites (tertiary alicyclic amines) is 1. The van der Waals surface area contributed by atoms with Crippen molar-refractivity contribution in [2.75, 3.05) is 27.2 Å². The maximum absolute atomic E-state index is 11.3. The maximum atomic E-state index is 11.3. The third-order valence-electron chi connectivity index (χ3n) is 2.67. The molecule has 74 valence electrons. The van der Waals surface area contributed by atoms with Crippen LogP contribution in [0.3, 0.4) is 0 Å². The Bertz CT molecular complexity index is 203. The van der Waals surface area contributed by atoms with Gasteiger partial charge in [-0.3, -0.25) is 4.79 Å². The van der Waals surface area contributed by atoms with E-state index >= 15 is 0 Å². The monoisotopic (exact) mass is 182 g/mol. The largest absolute Gasteiger partial charge is 0.338 e. The summed E-state index contributed by atoms with van der Waals surface area (Å²) in [5.74, 6) is 0.0281. The molecule has 0 aliphatic carbocycles. The van der Waals surface area contributed by atoms with E-state index in [4.69, 9.17) is 0 Å². The minimum Gasteiger partial charge on any atom is -0.338 e. The highest BCUT2D eigenvalue weighted by Crippen LogP contribution is 2.13. The predicted octanol–water partition coefficient (Wildman–Crippen LogP) is 0.725. The zero-order valence-electron chi connectivity index (χ0n) is 8.49. The first-order valence-corrected chi connectivity index (χ1v) is 4.73. The number of amides is 1. The number of carbonyl (C=O) groups is 1. The summed E-state index contributed by atoms with van der Waals surface area (Å²) < 4.78 is 0. The van der Waals surface area contributed by atoms with Gasteiger partial charge in [0.1, 0.15) is 0 Å². The summed E-state index contributed by atoms with van der Waals surface area (Å²) in [6.07, 6.45) is 3.67. The summed E-state index contributed by atoms with van der Waals surface area (Å²) in [5.41, 5.74) is 0. The van der Waals surface area contributed by atoms with Crippen molar-refractivity contribution >= 4 is 5.91 Å². The Morgan fingerprint density at radius 1 is 1.69 bits per heavy atom. The van der Waals surface area contributed by atoms with Gasteiger partial charge in [0.25, 0.3) is 0 Å². The van der Waals surface area contributed by atoms with Crippen LogP contribution in [0, 0.1) is 0 Å². The smallest absolute Gasteiger partial charge is 0.245 e.